The third-order valence-electron chi connectivity index (χ3n) is 3.24. The molecule has 5 heteroatoms. The van der Waals surface area contributed by atoms with Crippen molar-refractivity contribution in [3.8, 4) is 0 Å². The highest BCUT2D eigenvalue weighted by atomic mass is 16.2. The Kier molecular flexibility index (Phi) is 3.64. The lowest BCUT2D eigenvalue weighted by molar-refractivity contribution is 0.0949. The Morgan fingerprint density at radius 1 is 1.00 bits per heavy atom. The number of carbonyl (C=O) groups is 2. The van der Waals surface area contributed by atoms with E-state index in [1.165, 1.54) is 0 Å². The molecule has 1 heterocycles. The van der Waals surface area contributed by atoms with Crippen LogP contribution in [0.25, 0.3) is 0 Å². The predicted molar refractivity (Wildman–Crippen MR) is 79.1 cm³/mol. The van der Waals surface area contributed by atoms with Crippen molar-refractivity contribution in [2.45, 2.75) is 18.9 Å². The molecule has 1 aromatic heterocycles. The van der Waals surface area contributed by atoms with Crippen molar-refractivity contribution >= 4 is 17.5 Å². The van der Waals surface area contributed by atoms with Crippen LogP contribution in [0.5, 0.6) is 0 Å². The second-order valence-corrected chi connectivity index (χ2v) is 5.02. The lowest BCUT2D eigenvalue weighted by Crippen LogP contribution is -2.25. The van der Waals surface area contributed by atoms with E-state index in [1.807, 2.05) is 0 Å². The van der Waals surface area contributed by atoms with E-state index in [4.69, 9.17) is 0 Å². The summed E-state index contributed by atoms with van der Waals surface area (Å²) in [4.78, 5) is 27.9. The van der Waals surface area contributed by atoms with Crippen molar-refractivity contribution in [3.05, 3.63) is 59.9 Å². The minimum atomic E-state index is -0.225. The lowest BCUT2D eigenvalue weighted by atomic mass is 10.1. The van der Waals surface area contributed by atoms with Gasteiger partial charge >= 0.3 is 0 Å². The number of hydrogen-bond donors (Lipinski definition) is 2. The van der Waals surface area contributed by atoms with Crippen LogP contribution in [0.1, 0.15) is 33.6 Å². The number of nitrogens with zero attached hydrogens (tertiary/aromatic N) is 1. The number of rotatable bonds is 4. The van der Waals surface area contributed by atoms with Crippen LogP contribution >= 0.6 is 0 Å². The molecule has 21 heavy (non-hydrogen) atoms. The third-order valence-corrected chi connectivity index (χ3v) is 3.24. The predicted octanol–water partition coefficient (Wildman–Crippen LogP) is 2.23. The highest BCUT2D eigenvalue weighted by Crippen LogP contribution is 2.20. The highest BCUT2D eigenvalue weighted by Gasteiger charge is 2.23. The zero-order valence-electron chi connectivity index (χ0n) is 11.4. The van der Waals surface area contributed by atoms with Crippen molar-refractivity contribution in [3.63, 3.8) is 0 Å². The molecule has 2 amide bonds. The number of anilines is 1. The van der Waals surface area contributed by atoms with Gasteiger partial charge in [0.25, 0.3) is 11.8 Å². The number of carbonyl (C=O) groups excluding carboxylic acids is 2. The molecule has 2 N–H and O–H groups in total. The van der Waals surface area contributed by atoms with Crippen LogP contribution in [-0.2, 0) is 0 Å². The second kappa shape index (κ2) is 5.75. The number of aromatic nitrogens is 1. The molecule has 0 aliphatic heterocycles. The summed E-state index contributed by atoms with van der Waals surface area (Å²) >= 11 is 0. The maximum atomic E-state index is 12.0. The van der Waals surface area contributed by atoms with Crippen molar-refractivity contribution in [2.24, 2.45) is 0 Å². The van der Waals surface area contributed by atoms with Gasteiger partial charge < -0.3 is 10.6 Å². The second-order valence-electron chi connectivity index (χ2n) is 5.02. The molecule has 5 nitrogen and oxygen atoms in total. The van der Waals surface area contributed by atoms with Gasteiger partial charge in [-0.25, -0.2) is 0 Å². The van der Waals surface area contributed by atoms with Crippen LogP contribution in [0.15, 0.2) is 48.8 Å². The van der Waals surface area contributed by atoms with E-state index in [0.717, 1.165) is 12.8 Å². The Hall–Kier alpha value is -2.69. The first-order valence-electron chi connectivity index (χ1n) is 6.85. The molecule has 1 saturated carbocycles. The van der Waals surface area contributed by atoms with Gasteiger partial charge in [0.15, 0.2) is 0 Å². The number of benzene rings is 1. The monoisotopic (exact) mass is 281 g/mol. The van der Waals surface area contributed by atoms with E-state index in [0.29, 0.717) is 22.9 Å². The van der Waals surface area contributed by atoms with Crippen LogP contribution in [0.4, 0.5) is 5.69 Å². The Balaban J connectivity index is 1.70. The smallest absolute Gasteiger partial charge is 0.255 e. The van der Waals surface area contributed by atoms with Crippen LogP contribution in [0, 0.1) is 0 Å². The van der Waals surface area contributed by atoms with Gasteiger partial charge in [0.1, 0.15) is 0 Å². The van der Waals surface area contributed by atoms with Crippen molar-refractivity contribution in [2.75, 3.05) is 5.32 Å². The number of amides is 2. The number of pyridine rings is 1. The molecule has 2 aromatic rings. The lowest BCUT2D eigenvalue weighted by Gasteiger charge is -2.08. The Labute approximate surface area is 122 Å². The maximum Gasteiger partial charge on any atom is 0.255 e. The first-order chi connectivity index (χ1) is 10.2. The minimum Gasteiger partial charge on any atom is -0.349 e. The molecule has 0 saturated heterocycles. The summed E-state index contributed by atoms with van der Waals surface area (Å²) in [5.74, 6) is -0.324. The molecule has 106 valence electrons. The van der Waals surface area contributed by atoms with Gasteiger partial charge in [-0.2, -0.15) is 0 Å². The van der Waals surface area contributed by atoms with Crippen LogP contribution in [0.2, 0.25) is 0 Å². The van der Waals surface area contributed by atoms with E-state index in [1.54, 1.807) is 48.8 Å². The normalized spacial score (nSPS) is 13.5. The number of nitrogens with one attached hydrogen (secondary N) is 2. The summed E-state index contributed by atoms with van der Waals surface area (Å²) in [6.07, 6.45) is 5.22. The van der Waals surface area contributed by atoms with Crippen LogP contribution in [0.3, 0.4) is 0 Å². The first-order valence-corrected chi connectivity index (χ1v) is 6.85. The van der Waals surface area contributed by atoms with E-state index in [2.05, 4.69) is 15.6 Å². The Morgan fingerprint density at radius 3 is 2.48 bits per heavy atom. The molecule has 0 radical (unpaired) electrons. The van der Waals surface area contributed by atoms with Gasteiger partial charge in [-0.15, -0.1) is 0 Å². The molecule has 0 spiro atoms. The largest absolute Gasteiger partial charge is 0.349 e. The molecule has 1 aliphatic rings. The minimum absolute atomic E-state index is 0.0995. The molecule has 1 fully saturated rings. The fraction of sp³-hybridized carbons (Fsp3) is 0.188. The van der Waals surface area contributed by atoms with Gasteiger partial charge in [-0.3, -0.25) is 14.6 Å². The average molecular weight is 281 g/mol. The first kappa shape index (κ1) is 13.3. The molecular formula is C16H15N3O2. The summed E-state index contributed by atoms with van der Waals surface area (Å²) in [6, 6.07) is 10.5. The van der Waals surface area contributed by atoms with Gasteiger partial charge in [-0.05, 0) is 43.2 Å². The van der Waals surface area contributed by atoms with Crippen molar-refractivity contribution in [1.82, 2.24) is 10.3 Å². The summed E-state index contributed by atoms with van der Waals surface area (Å²) in [7, 11) is 0. The average Bonchev–Trinajstić information content (AvgIpc) is 3.32. The van der Waals surface area contributed by atoms with Gasteiger partial charge in [0.2, 0.25) is 0 Å². The molecule has 0 atom stereocenters. The van der Waals surface area contributed by atoms with E-state index in [9.17, 15) is 9.59 Å². The third kappa shape index (κ3) is 3.45. The summed E-state index contributed by atoms with van der Waals surface area (Å²) in [6.45, 7) is 0. The number of hydrogen-bond acceptors (Lipinski definition) is 3. The van der Waals surface area contributed by atoms with Gasteiger partial charge in [-0.1, -0.05) is 6.07 Å². The fourth-order valence-electron chi connectivity index (χ4n) is 1.94. The quantitative estimate of drug-likeness (QED) is 0.902. The maximum absolute atomic E-state index is 12.0. The summed E-state index contributed by atoms with van der Waals surface area (Å²) < 4.78 is 0. The van der Waals surface area contributed by atoms with Crippen molar-refractivity contribution in [1.29, 1.82) is 0 Å². The topological polar surface area (TPSA) is 71.1 Å². The molecular weight excluding hydrogens is 266 g/mol. The zero-order valence-corrected chi connectivity index (χ0v) is 11.4. The Morgan fingerprint density at radius 2 is 1.76 bits per heavy atom. The SMILES string of the molecule is O=C(Nc1cccc(C(=O)NC2CC2)c1)c1ccncc1. The zero-order chi connectivity index (χ0) is 14.7. The standard InChI is InChI=1S/C16H15N3O2/c20-15(11-6-8-17-9-7-11)19-14-3-1-2-12(10-14)16(21)18-13-4-5-13/h1-3,6-10,13H,4-5H2,(H,18,21)(H,19,20). The highest BCUT2D eigenvalue weighted by molar-refractivity contribution is 6.05. The van der Waals surface area contributed by atoms with E-state index in [-0.39, 0.29) is 11.8 Å². The van der Waals surface area contributed by atoms with E-state index < -0.39 is 0 Å². The summed E-state index contributed by atoms with van der Waals surface area (Å²) in [5.41, 5.74) is 1.67. The summed E-state index contributed by atoms with van der Waals surface area (Å²) in [5, 5.41) is 5.70. The van der Waals surface area contributed by atoms with Crippen LogP contribution in [-0.4, -0.2) is 22.8 Å². The van der Waals surface area contributed by atoms with Crippen LogP contribution < -0.4 is 10.6 Å². The van der Waals surface area contributed by atoms with Gasteiger partial charge in [0, 0.05) is 35.2 Å². The fourth-order valence-corrected chi connectivity index (χ4v) is 1.94. The molecule has 1 aliphatic carbocycles. The Bertz CT molecular complexity index is 666. The van der Waals surface area contributed by atoms with E-state index >= 15 is 0 Å². The van der Waals surface area contributed by atoms with Crippen molar-refractivity contribution < 1.29 is 9.59 Å². The van der Waals surface area contributed by atoms with Gasteiger partial charge in [0.05, 0.1) is 0 Å². The molecule has 1 aromatic carbocycles. The molecule has 3 rings (SSSR count). The molecule has 0 bridgehead atoms. The molecule has 0 unspecified atom stereocenters.